The van der Waals surface area contributed by atoms with Crippen LogP contribution in [0, 0.1) is 0 Å². The normalized spacial score (nSPS) is 13.1. The number of carbonyl (C=O) groups excluding carboxylic acids is 3. The van der Waals surface area contributed by atoms with Gasteiger partial charge in [-0.05, 0) is 57.8 Å². The summed E-state index contributed by atoms with van der Waals surface area (Å²) in [6.07, 6.45) is 60.6. The predicted octanol–water partition coefficient (Wildman–Crippen LogP) is 14.8. The Hall–Kier alpha value is -3.93. The Kier molecular flexibility index (Phi) is 42.7. The minimum atomic E-state index is -0.806. The summed E-state index contributed by atoms with van der Waals surface area (Å²) < 4.78 is 16.7. The lowest BCUT2D eigenvalue weighted by Gasteiger charge is -2.18. The quantitative estimate of drug-likeness (QED) is 0.0267. The van der Waals surface area contributed by atoms with Gasteiger partial charge in [-0.1, -0.05) is 214 Å². The van der Waals surface area contributed by atoms with Crippen LogP contribution in [-0.4, -0.2) is 37.2 Å². The number of hydrogen-bond acceptors (Lipinski definition) is 6. The third-order valence-corrected chi connectivity index (χ3v) is 9.25. The molecule has 58 heavy (non-hydrogen) atoms. The molecule has 0 saturated heterocycles. The van der Waals surface area contributed by atoms with Crippen LogP contribution in [0.3, 0.4) is 0 Å². The molecular weight excluding hydrogens is 721 g/mol. The smallest absolute Gasteiger partial charge is 0.306 e. The largest absolute Gasteiger partial charge is 0.462 e. The van der Waals surface area contributed by atoms with Crippen molar-refractivity contribution >= 4 is 17.9 Å². The van der Waals surface area contributed by atoms with Crippen LogP contribution in [0.5, 0.6) is 0 Å². The van der Waals surface area contributed by atoms with Crippen LogP contribution in [0.15, 0.2) is 109 Å². The first-order chi connectivity index (χ1) is 28.5. The third-order valence-electron chi connectivity index (χ3n) is 9.25. The Morgan fingerprint density at radius 3 is 1.07 bits per heavy atom. The summed E-state index contributed by atoms with van der Waals surface area (Å²) in [7, 11) is 0. The van der Waals surface area contributed by atoms with Gasteiger partial charge in [-0.3, -0.25) is 14.4 Å². The maximum atomic E-state index is 12.7. The van der Waals surface area contributed by atoms with Gasteiger partial charge in [-0.15, -0.1) is 0 Å². The molecule has 0 saturated carbocycles. The molecule has 6 nitrogen and oxygen atoms in total. The molecule has 0 rings (SSSR count). The van der Waals surface area contributed by atoms with Gasteiger partial charge in [0.05, 0.1) is 0 Å². The summed E-state index contributed by atoms with van der Waals surface area (Å²) >= 11 is 0. The van der Waals surface area contributed by atoms with Gasteiger partial charge in [0.15, 0.2) is 6.10 Å². The molecule has 0 aliphatic heterocycles. The van der Waals surface area contributed by atoms with Crippen LogP contribution in [0.2, 0.25) is 0 Å². The SMILES string of the molecule is CC\C=C/C=C\C=C/C=C\C=C/CCCCCC(=O)OCC(COC(=O)CCCCCCCCCCCC)OC(=O)CCCCCCC\C=C/C=C\C=C/C=C\CC. The van der Waals surface area contributed by atoms with Gasteiger partial charge in [-0.25, -0.2) is 0 Å². The predicted molar refractivity (Wildman–Crippen MR) is 247 cm³/mol. The van der Waals surface area contributed by atoms with E-state index in [0.29, 0.717) is 12.8 Å². The highest BCUT2D eigenvalue weighted by atomic mass is 16.6. The van der Waals surface area contributed by atoms with E-state index in [1.54, 1.807) is 0 Å². The first-order valence-electron chi connectivity index (χ1n) is 23.0. The zero-order valence-electron chi connectivity index (χ0n) is 37.0. The number of allylic oxidation sites excluding steroid dienone is 18. The highest BCUT2D eigenvalue weighted by molar-refractivity contribution is 5.71. The van der Waals surface area contributed by atoms with Crippen molar-refractivity contribution in [3.8, 4) is 0 Å². The fourth-order valence-corrected chi connectivity index (χ4v) is 5.82. The van der Waals surface area contributed by atoms with Crippen LogP contribution < -0.4 is 0 Å². The molecule has 0 fully saturated rings. The van der Waals surface area contributed by atoms with Crippen LogP contribution in [0.25, 0.3) is 0 Å². The molecule has 0 N–H and O–H groups in total. The standard InChI is InChI=1S/C52H82O6/c1-4-7-10-13-16-19-22-24-26-28-30-33-36-39-42-45-51(54)57-48-49(47-56-50(53)44-41-38-35-32-21-18-15-12-9-6-3)58-52(55)46-43-40-37-34-31-29-27-25-23-20-17-14-11-8-5-2/h7-8,10-11,13-14,16-17,19-20,22-28,30,49H,4-6,9,12,15,18,21,29,31-48H2,1-3H3/b10-7-,11-8-,16-13-,17-14-,22-19-,23-20-,26-24-,27-25-,30-28-. The van der Waals surface area contributed by atoms with Gasteiger partial charge < -0.3 is 14.2 Å². The minimum Gasteiger partial charge on any atom is -0.462 e. The molecule has 0 radical (unpaired) electrons. The van der Waals surface area contributed by atoms with Crippen molar-refractivity contribution in [1.29, 1.82) is 0 Å². The highest BCUT2D eigenvalue weighted by Crippen LogP contribution is 2.13. The lowest BCUT2D eigenvalue weighted by molar-refractivity contribution is -0.167. The molecule has 0 amide bonds. The average molecular weight is 803 g/mol. The van der Waals surface area contributed by atoms with E-state index in [1.165, 1.54) is 44.9 Å². The van der Waals surface area contributed by atoms with E-state index < -0.39 is 6.10 Å². The molecule has 0 spiro atoms. The lowest BCUT2D eigenvalue weighted by Crippen LogP contribution is -2.30. The van der Waals surface area contributed by atoms with E-state index in [9.17, 15) is 14.4 Å². The van der Waals surface area contributed by atoms with Crippen molar-refractivity contribution in [1.82, 2.24) is 0 Å². The maximum Gasteiger partial charge on any atom is 0.306 e. The number of carbonyl (C=O) groups is 3. The van der Waals surface area contributed by atoms with Crippen molar-refractivity contribution in [3.63, 3.8) is 0 Å². The summed E-state index contributed by atoms with van der Waals surface area (Å²) in [5, 5.41) is 0. The first-order valence-corrected chi connectivity index (χ1v) is 23.0. The van der Waals surface area contributed by atoms with Crippen molar-refractivity contribution < 1.29 is 28.6 Å². The summed E-state index contributed by atoms with van der Waals surface area (Å²) in [6, 6.07) is 0. The molecule has 0 aromatic carbocycles. The molecule has 326 valence electrons. The molecule has 6 heteroatoms. The van der Waals surface area contributed by atoms with Gasteiger partial charge in [-0.2, -0.15) is 0 Å². The summed E-state index contributed by atoms with van der Waals surface area (Å²) in [6.45, 7) is 6.26. The third kappa shape index (κ3) is 43.2. The number of hydrogen-bond donors (Lipinski definition) is 0. The minimum absolute atomic E-state index is 0.103. The molecule has 0 aromatic rings. The molecule has 0 aromatic heterocycles. The van der Waals surface area contributed by atoms with Gasteiger partial charge in [0.1, 0.15) is 13.2 Å². The van der Waals surface area contributed by atoms with E-state index in [4.69, 9.17) is 14.2 Å². The molecule has 0 heterocycles. The van der Waals surface area contributed by atoms with Crippen molar-refractivity contribution in [2.75, 3.05) is 13.2 Å². The summed E-state index contributed by atoms with van der Waals surface area (Å²) in [4.78, 5) is 37.8. The van der Waals surface area contributed by atoms with E-state index in [-0.39, 0.29) is 37.5 Å². The van der Waals surface area contributed by atoms with E-state index in [0.717, 1.165) is 96.3 Å². The molecule has 0 aliphatic carbocycles. The Labute approximate surface area is 355 Å². The van der Waals surface area contributed by atoms with Crippen molar-refractivity contribution in [2.24, 2.45) is 0 Å². The Bertz CT molecular complexity index is 1240. The summed E-state index contributed by atoms with van der Waals surface area (Å²) in [5.41, 5.74) is 0. The van der Waals surface area contributed by atoms with E-state index in [2.05, 4.69) is 57.2 Å². The maximum absolute atomic E-state index is 12.7. The monoisotopic (exact) mass is 803 g/mol. The average Bonchev–Trinajstić information content (AvgIpc) is 3.22. The second-order valence-electron chi connectivity index (χ2n) is 14.8. The second-order valence-corrected chi connectivity index (χ2v) is 14.8. The van der Waals surface area contributed by atoms with Crippen LogP contribution in [0.4, 0.5) is 0 Å². The zero-order chi connectivity index (χ0) is 42.3. The fraction of sp³-hybridized carbons (Fsp3) is 0.596. The van der Waals surface area contributed by atoms with E-state index in [1.807, 2.05) is 72.9 Å². The number of rotatable bonds is 39. The van der Waals surface area contributed by atoms with Crippen molar-refractivity contribution in [2.45, 2.75) is 187 Å². The van der Waals surface area contributed by atoms with Crippen LogP contribution in [-0.2, 0) is 28.6 Å². The van der Waals surface area contributed by atoms with E-state index >= 15 is 0 Å². The van der Waals surface area contributed by atoms with Gasteiger partial charge in [0, 0.05) is 19.3 Å². The number of esters is 3. The molecular formula is C52H82O6. The van der Waals surface area contributed by atoms with Gasteiger partial charge in [0.25, 0.3) is 0 Å². The lowest BCUT2D eigenvalue weighted by atomic mass is 10.1. The molecule has 1 atom stereocenters. The molecule has 0 bridgehead atoms. The van der Waals surface area contributed by atoms with Crippen LogP contribution in [0.1, 0.15) is 181 Å². The fourth-order valence-electron chi connectivity index (χ4n) is 5.82. The summed E-state index contributed by atoms with van der Waals surface area (Å²) in [5.74, 6) is -0.982. The Morgan fingerprint density at radius 2 is 0.672 bits per heavy atom. The number of unbranched alkanes of at least 4 members (excludes halogenated alkanes) is 17. The topological polar surface area (TPSA) is 78.9 Å². The molecule has 1 unspecified atom stereocenters. The number of ether oxygens (including phenoxy) is 3. The first kappa shape index (κ1) is 54.1. The molecule has 0 aliphatic rings. The zero-order valence-corrected chi connectivity index (χ0v) is 37.0. The second kappa shape index (κ2) is 45.8. The Morgan fingerprint density at radius 1 is 0.362 bits per heavy atom. The Balaban J connectivity index is 4.53. The van der Waals surface area contributed by atoms with Crippen molar-refractivity contribution in [3.05, 3.63) is 109 Å². The van der Waals surface area contributed by atoms with Crippen LogP contribution >= 0.6 is 0 Å². The highest BCUT2D eigenvalue weighted by Gasteiger charge is 2.19. The van der Waals surface area contributed by atoms with Gasteiger partial charge in [0.2, 0.25) is 0 Å². The van der Waals surface area contributed by atoms with Gasteiger partial charge >= 0.3 is 17.9 Å².